The lowest BCUT2D eigenvalue weighted by Gasteiger charge is -2.08. The Morgan fingerprint density at radius 1 is 0.605 bits per heavy atom. The van der Waals surface area contributed by atoms with Gasteiger partial charge in [-0.2, -0.15) is 0 Å². The Morgan fingerprint density at radius 3 is 1.49 bits per heavy atom. The summed E-state index contributed by atoms with van der Waals surface area (Å²) in [7, 11) is 0. The molecule has 1 aromatic heterocycles. The molecule has 2 aromatic rings. The van der Waals surface area contributed by atoms with Crippen molar-refractivity contribution in [2.75, 3.05) is 106 Å². The van der Waals surface area contributed by atoms with Gasteiger partial charge in [0.05, 0.1) is 117 Å². The molecule has 0 unspecified atom stereocenters. The number of carboxylic acids is 1. The van der Waals surface area contributed by atoms with Crippen LogP contribution in [0.4, 0.5) is 0 Å². The van der Waals surface area contributed by atoms with E-state index in [0.29, 0.717) is 117 Å². The Bertz CT molecular complexity index is 1080. The summed E-state index contributed by atoms with van der Waals surface area (Å²) in [6, 6.07) is 7.09. The highest BCUT2D eigenvalue weighted by atomic mass is 16.6. The Kier molecular flexibility index (Phi) is 20.8. The van der Waals surface area contributed by atoms with E-state index >= 15 is 0 Å². The third-order valence-electron chi connectivity index (χ3n) is 5.62. The summed E-state index contributed by atoms with van der Waals surface area (Å²) in [6.07, 6.45) is 0.658. The summed E-state index contributed by atoms with van der Waals surface area (Å²) in [6.45, 7) is 6.65. The van der Waals surface area contributed by atoms with Gasteiger partial charge in [-0.1, -0.05) is 12.1 Å². The molecule has 1 heterocycles. The first-order valence-corrected chi connectivity index (χ1v) is 14.4. The van der Waals surface area contributed by atoms with E-state index in [2.05, 4.69) is 9.97 Å². The normalized spacial score (nSPS) is 11.3. The van der Waals surface area contributed by atoms with Crippen LogP contribution in [0.5, 0.6) is 0 Å². The van der Waals surface area contributed by atoms with Crippen molar-refractivity contribution in [3.63, 3.8) is 0 Å². The summed E-state index contributed by atoms with van der Waals surface area (Å²) in [4.78, 5) is 41.7. The Labute approximate surface area is 250 Å². The molecule has 0 amide bonds. The van der Waals surface area contributed by atoms with Crippen molar-refractivity contribution in [3.8, 4) is 0 Å². The van der Waals surface area contributed by atoms with E-state index in [1.54, 1.807) is 24.3 Å². The number of nitrogens with zero attached hydrogens (tertiary/aromatic N) is 1. The Balaban J connectivity index is 1.25. The molecule has 0 bridgehead atoms. The van der Waals surface area contributed by atoms with Crippen LogP contribution in [0, 0.1) is 0 Å². The predicted octanol–water partition coefficient (Wildman–Crippen LogP) is 1.49. The molecule has 0 aliphatic carbocycles. The van der Waals surface area contributed by atoms with Crippen molar-refractivity contribution in [2.45, 2.75) is 19.3 Å². The maximum Gasteiger partial charge on any atom is 0.305 e. The monoisotopic (exact) mass is 612 g/mol. The molecule has 0 atom stereocenters. The van der Waals surface area contributed by atoms with Crippen LogP contribution in [0.15, 0.2) is 29.1 Å². The summed E-state index contributed by atoms with van der Waals surface area (Å²) < 4.78 is 43.0. The van der Waals surface area contributed by atoms with Crippen molar-refractivity contribution in [3.05, 3.63) is 40.3 Å². The van der Waals surface area contributed by atoms with Crippen molar-refractivity contribution in [1.29, 1.82) is 0 Å². The highest BCUT2D eigenvalue weighted by Crippen LogP contribution is 2.07. The largest absolute Gasteiger partial charge is 0.481 e. The number of nitrogens with one attached hydrogen (secondary N) is 1. The van der Waals surface area contributed by atoms with Crippen molar-refractivity contribution < 1.29 is 52.6 Å². The highest BCUT2D eigenvalue weighted by Gasteiger charge is 2.13. The summed E-state index contributed by atoms with van der Waals surface area (Å²) in [5.74, 6) is -1.19. The Morgan fingerprint density at radius 2 is 1.02 bits per heavy atom. The smallest absolute Gasteiger partial charge is 0.305 e. The van der Waals surface area contributed by atoms with E-state index in [0.717, 1.165) is 0 Å². The number of benzene rings is 1. The maximum atomic E-state index is 12.3. The number of Topliss-reactive ketones (excluding diaryl/α,β-unsaturated/α-hetero) is 1. The van der Waals surface area contributed by atoms with Gasteiger partial charge in [0.1, 0.15) is 0 Å². The average Bonchev–Trinajstić information content (AvgIpc) is 3.00. The van der Waals surface area contributed by atoms with Crippen LogP contribution in [0.25, 0.3) is 11.0 Å². The second kappa shape index (κ2) is 24.6. The molecule has 242 valence electrons. The molecule has 0 spiro atoms. The SMILES string of the molecule is O=C(O)CCOCCOCCOCCOCCOCCOCCOCCOCCCC(=O)c1nc2ccccc2[nH]c1=O. The third-order valence-corrected chi connectivity index (χ3v) is 5.62. The number of para-hydroxylation sites is 2. The molecule has 2 N–H and O–H groups in total. The molecule has 0 aliphatic heterocycles. The van der Waals surface area contributed by atoms with Gasteiger partial charge in [-0.15, -0.1) is 0 Å². The van der Waals surface area contributed by atoms with Gasteiger partial charge >= 0.3 is 5.97 Å². The topological polar surface area (TPSA) is 174 Å². The maximum absolute atomic E-state index is 12.3. The number of fused-ring (bicyclic) bond motifs is 1. The fourth-order valence-corrected chi connectivity index (χ4v) is 3.47. The number of aromatic amines is 1. The van der Waals surface area contributed by atoms with Crippen LogP contribution >= 0.6 is 0 Å². The van der Waals surface area contributed by atoms with E-state index < -0.39 is 11.5 Å². The molecule has 0 saturated carbocycles. The first kappa shape index (κ1) is 36.4. The van der Waals surface area contributed by atoms with Crippen molar-refractivity contribution >= 4 is 22.8 Å². The molecule has 0 aliphatic rings. The fourth-order valence-electron chi connectivity index (χ4n) is 3.47. The third kappa shape index (κ3) is 18.5. The first-order chi connectivity index (χ1) is 21.1. The van der Waals surface area contributed by atoms with Gasteiger partial charge < -0.3 is 48.0 Å². The molecule has 43 heavy (non-hydrogen) atoms. The number of ketones is 1. The number of aromatic nitrogens is 2. The quantitative estimate of drug-likeness (QED) is 0.1000. The molecule has 0 radical (unpaired) electrons. The van der Waals surface area contributed by atoms with E-state index in [4.69, 9.17) is 43.0 Å². The molecule has 1 aromatic carbocycles. The minimum atomic E-state index is -0.881. The van der Waals surface area contributed by atoms with Gasteiger partial charge in [-0.25, -0.2) is 4.98 Å². The number of carboxylic acid groups (broad SMARTS) is 1. The van der Waals surface area contributed by atoms with Crippen LogP contribution in [0.1, 0.15) is 29.8 Å². The number of aliphatic carboxylic acids is 1. The second-order valence-electron chi connectivity index (χ2n) is 9.00. The van der Waals surface area contributed by atoms with E-state index in [1.807, 2.05) is 0 Å². The molecule has 14 nitrogen and oxygen atoms in total. The lowest BCUT2D eigenvalue weighted by molar-refractivity contribution is -0.138. The molecule has 0 saturated heterocycles. The lowest BCUT2D eigenvalue weighted by Crippen LogP contribution is -2.20. The second-order valence-corrected chi connectivity index (χ2v) is 9.00. The molecule has 2 rings (SSSR count). The lowest BCUT2D eigenvalue weighted by atomic mass is 10.1. The minimum absolute atomic E-state index is 0.00995. The van der Waals surface area contributed by atoms with Crippen LogP contribution in [-0.4, -0.2) is 133 Å². The standard InChI is InChI=1S/C29H44N2O12/c32-26(28-29(35)31-25-5-2-1-4-24(25)30-28)6-3-8-36-10-12-38-14-16-40-18-20-42-22-23-43-21-19-41-17-15-39-13-11-37-9-7-27(33)34/h1-2,4-5H,3,6-23H2,(H,31,35)(H,33,34). The van der Waals surface area contributed by atoms with Gasteiger partial charge in [0, 0.05) is 13.0 Å². The minimum Gasteiger partial charge on any atom is -0.481 e. The number of carbonyl (C=O) groups is 2. The average molecular weight is 613 g/mol. The van der Waals surface area contributed by atoms with Crippen LogP contribution < -0.4 is 5.56 Å². The van der Waals surface area contributed by atoms with Gasteiger partial charge in [0.2, 0.25) is 0 Å². The molecular weight excluding hydrogens is 568 g/mol. The zero-order valence-corrected chi connectivity index (χ0v) is 24.6. The number of rotatable bonds is 29. The first-order valence-electron chi connectivity index (χ1n) is 14.4. The van der Waals surface area contributed by atoms with Crippen molar-refractivity contribution in [1.82, 2.24) is 9.97 Å². The van der Waals surface area contributed by atoms with Crippen molar-refractivity contribution in [2.24, 2.45) is 0 Å². The number of ether oxygens (including phenoxy) is 8. The number of carbonyl (C=O) groups excluding carboxylic acids is 1. The number of hydrogen-bond acceptors (Lipinski definition) is 12. The number of H-pyrrole nitrogens is 1. The van der Waals surface area contributed by atoms with Crippen LogP contribution in [-0.2, 0) is 42.7 Å². The predicted molar refractivity (Wildman–Crippen MR) is 155 cm³/mol. The molecule has 0 fully saturated rings. The number of hydrogen-bond donors (Lipinski definition) is 2. The van der Waals surface area contributed by atoms with Gasteiger partial charge in [-0.05, 0) is 18.6 Å². The molecular formula is C29H44N2O12. The van der Waals surface area contributed by atoms with Gasteiger partial charge in [-0.3, -0.25) is 14.4 Å². The zero-order valence-electron chi connectivity index (χ0n) is 24.6. The fraction of sp³-hybridized carbons (Fsp3) is 0.655. The van der Waals surface area contributed by atoms with E-state index in [-0.39, 0.29) is 30.9 Å². The van der Waals surface area contributed by atoms with Crippen LogP contribution in [0.3, 0.4) is 0 Å². The summed E-state index contributed by atoms with van der Waals surface area (Å²) >= 11 is 0. The highest BCUT2D eigenvalue weighted by molar-refractivity contribution is 5.95. The van der Waals surface area contributed by atoms with Gasteiger partial charge in [0.25, 0.3) is 5.56 Å². The Hall–Kier alpha value is -2.82. The summed E-state index contributed by atoms with van der Waals surface area (Å²) in [5, 5.41) is 8.48. The zero-order chi connectivity index (χ0) is 30.8. The van der Waals surface area contributed by atoms with E-state index in [1.165, 1.54) is 0 Å². The molecule has 14 heteroatoms. The van der Waals surface area contributed by atoms with Gasteiger partial charge in [0.15, 0.2) is 11.5 Å². The van der Waals surface area contributed by atoms with E-state index in [9.17, 15) is 14.4 Å². The van der Waals surface area contributed by atoms with Crippen LogP contribution in [0.2, 0.25) is 0 Å². The summed E-state index contributed by atoms with van der Waals surface area (Å²) in [5.41, 5.74) is 0.632.